The third kappa shape index (κ3) is 54.8. The maximum absolute atomic E-state index is 13.0. The van der Waals surface area contributed by atoms with E-state index in [1.165, 1.54) is 96.3 Å². The van der Waals surface area contributed by atoms with Gasteiger partial charge < -0.3 is 19.8 Å². The Morgan fingerprint density at radius 1 is 0.493 bits per heavy atom. The molecule has 1 amide bonds. The number of carbonyl (C=O) groups excluding carboxylic acids is 1. The van der Waals surface area contributed by atoms with Crippen molar-refractivity contribution in [2.75, 3.05) is 40.9 Å². The highest BCUT2D eigenvalue weighted by Crippen LogP contribution is 2.43. The van der Waals surface area contributed by atoms with E-state index in [2.05, 4.69) is 129 Å². The number of aliphatic hydroxyl groups is 1. The van der Waals surface area contributed by atoms with Crippen molar-refractivity contribution in [2.45, 2.75) is 238 Å². The molecule has 71 heavy (non-hydrogen) atoms. The molecule has 0 saturated carbocycles. The zero-order chi connectivity index (χ0) is 52.0. The molecule has 0 aliphatic carbocycles. The van der Waals surface area contributed by atoms with Gasteiger partial charge in [0.1, 0.15) is 13.2 Å². The van der Waals surface area contributed by atoms with Gasteiger partial charge in [-0.15, -0.1) is 0 Å². The Labute approximate surface area is 438 Å². The first kappa shape index (κ1) is 68.2. The number of aliphatic hydroxyl groups excluding tert-OH is 1. The van der Waals surface area contributed by atoms with Gasteiger partial charge in [-0.25, -0.2) is 4.57 Å². The van der Waals surface area contributed by atoms with Crippen LogP contribution in [0.2, 0.25) is 0 Å². The number of unbranched alkanes of at least 4 members (excludes halogenated alkanes) is 20. The Kier molecular flexibility index (Phi) is 50.0. The number of phosphoric acid groups is 1. The van der Waals surface area contributed by atoms with Crippen LogP contribution in [0.1, 0.15) is 226 Å². The van der Waals surface area contributed by atoms with E-state index in [4.69, 9.17) is 9.05 Å². The van der Waals surface area contributed by atoms with Crippen molar-refractivity contribution >= 4 is 13.7 Å². The first-order chi connectivity index (χ1) is 34.5. The van der Waals surface area contributed by atoms with Gasteiger partial charge in [0.2, 0.25) is 5.91 Å². The van der Waals surface area contributed by atoms with Gasteiger partial charge in [0, 0.05) is 6.42 Å². The molecule has 0 aromatic heterocycles. The van der Waals surface area contributed by atoms with Gasteiger partial charge in [-0.05, 0) is 83.5 Å². The number of allylic oxidation sites excluding steroid dienone is 18. The summed E-state index contributed by atoms with van der Waals surface area (Å²) < 4.78 is 23.7. The molecule has 3 atom stereocenters. The quantitative estimate of drug-likeness (QED) is 0.0243. The molecule has 0 heterocycles. The highest BCUT2D eigenvalue weighted by molar-refractivity contribution is 7.47. The topological polar surface area (TPSA) is 105 Å². The lowest BCUT2D eigenvalue weighted by Gasteiger charge is -2.26. The number of hydrogen-bond donors (Lipinski definition) is 3. The normalized spacial score (nSPS) is 14.7. The molecular formula is C62H110N2O6P+. The fraction of sp³-hybridized carbons (Fsp3) is 0.694. The average molecular weight is 1010 g/mol. The van der Waals surface area contributed by atoms with Crippen molar-refractivity contribution in [3.05, 3.63) is 109 Å². The van der Waals surface area contributed by atoms with E-state index in [9.17, 15) is 19.4 Å². The molecule has 0 radical (unpaired) electrons. The average Bonchev–Trinajstić information content (AvgIpc) is 3.33. The molecule has 0 aliphatic heterocycles. The molecule has 0 saturated heterocycles. The minimum atomic E-state index is -4.34. The third-order valence-electron chi connectivity index (χ3n) is 12.3. The van der Waals surface area contributed by atoms with E-state index in [-0.39, 0.29) is 19.1 Å². The summed E-state index contributed by atoms with van der Waals surface area (Å²) in [6.07, 6.45) is 75.7. The molecule has 9 heteroatoms. The van der Waals surface area contributed by atoms with E-state index in [1.807, 2.05) is 21.1 Å². The minimum absolute atomic E-state index is 0.0620. The lowest BCUT2D eigenvalue weighted by Crippen LogP contribution is -2.46. The minimum Gasteiger partial charge on any atom is -0.391 e. The highest BCUT2D eigenvalue weighted by Gasteiger charge is 2.28. The monoisotopic (exact) mass is 1010 g/mol. The zero-order valence-corrected chi connectivity index (χ0v) is 47.3. The number of carbonyl (C=O) groups is 1. The largest absolute Gasteiger partial charge is 0.472 e. The summed E-state index contributed by atoms with van der Waals surface area (Å²) >= 11 is 0. The summed E-state index contributed by atoms with van der Waals surface area (Å²) in [6, 6.07) is -0.787. The second kappa shape index (κ2) is 52.0. The van der Waals surface area contributed by atoms with Crippen molar-refractivity contribution < 1.29 is 32.9 Å². The number of amides is 1. The van der Waals surface area contributed by atoms with Gasteiger partial charge in [-0.3, -0.25) is 13.8 Å². The van der Waals surface area contributed by atoms with Crippen LogP contribution in [-0.2, 0) is 18.4 Å². The third-order valence-corrected chi connectivity index (χ3v) is 13.3. The van der Waals surface area contributed by atoms with Crippen LogP contribution in [0.4, 0.5) is 0 Å². The molecular weight excluding hydrogens is 900 g/mol. The van der Waals surface area contributed by atoms with Crippen LogP contribution in [0.15, 0.2) is 109 Å². The Morgan fingerprint density at radius 3 is 1.23 bits per heavy atom. The summed E-state index contributed by atoms with van der Waals surface area (Å²) in [6.45, 7) is 4.75. The summed E-state index contributed by atoms with van der Waals surface area (Å²) in [5, 5.41) is 14.0. The second-order valence-corrected chi connectivity index (χ2v) is 21.7. The first-order valence-electron chi connectivity index (χ1n) is 28.8. The molecule has 8 nitrogen and oxygen atoms in total. The zero-order valence-electron chi connectivity index (χ0n) is 46.4. The Balaban J connectivity index is 4.29. The maximum Gasteiger partial charge on any atom is 0.472 e. The van der Waals surface area contributed by atoms with Crippen LogP contribution >= 0.6 is 7.82 Å². The van der Waals surface area contributed by atoms with Crippen LogP contribution in [-0.4, -0.2) is 73.4 Å². The van der Waals surface area contributed by atoms with Crippen molar-refractivity contribution in [1.82, 2.24) is 5.32 Å². The fourth-order valence-electron chi connectivity index (χ4n) is 7.80. The lowest BCUT2D eigenvalue weighted by atomic mass is 10.0. The van der Waals surface area contributed by atoms with Crippen LogP contribution in [0.5, 0.6) is 0 Å². The van der Waals surface area contributed by atoms with Gasteiger partial charge in [-0.1, -0.05) is 245 Å². The van der Waals surface area contributed by atoms with E-state index in [0.29, 0.717) is 23.9 Å². The molecule has 408 valence electrons. The van der Waals surface area contributed by atoms with Crippen LogP contribution < -0.4 is 5.32 Å². The molecule has 0 aromatic carbocycles. The van der Waals surface area contributed by atoms with Gasteiger partial charge in [0.25, 0.3) is 0 Å². The number of phosphoric ester groups is 1. The second-order valence-electron chi connectivity index (χ2n) is 20.3. The number of hydrogen-bond acceptors (Lipinski definition) is 5. The van der Waals surface area contributed by atoms with E-state index in [0.717, 1.165) is 103 Å². The standard InChI is InChI=1S/C62H109N2O6P/c1-6-8-10-12-14-16-18-20-22-24-26-27-28-29-30-31-32-33-34-35-36-37-38-40-42-44-46-48-50-52-54-56-62(66)63-60(59-70-71(67,68)69-58-57-64(3,4)5)61(65)55-53-51-49-47-45-43-41-39-25-23-21-19-17-15-13-11-9-7-2/h8,10,14,16,20,22,26-27,29-30,32-33,35-36,38,40,44,46,60-61,65H,6-7,9,11-13,15,17-19,21,23-25,28,31,34,37,39,41-43,45,47-59H2,1-5H3,(H-,63,66,67,68)/p+1/b10-8-,16-14-,22-20-,27-26-,30-29-,33-32-,36-35-,40-38-,46-44-. The molecule has 0 aliphatic rings. The van der Waals surface area contributed by atoms with Crippen LogP contribution in [0, 0.1) is 0 Å². The Bertz CT molecular complexity index is 1520. The number of rotatable bonds is 51. The summed E-state index contributed by atoms with van der Waals surface area (Å²) in [5.74, 6) is -0.179. The van der Waals surface area contributed by atoms with Crippen molar-refractivity contribution in [3.63, 3.8) is 0 Å². The van der Waals surface area contributed by atoms with Crippen LogP contribution in [0.3, 0.4) is 0 Å². The molecule has 0 rings (SSSR count). The predicted molar refractivity (Wildman–Crippen MR) is 309 cm³/mol. The van der Waals surface area contributed by atoms with Crippen molar-refractivity contribution in [3.8, 4) is 0 Å². The maximum atomic E-state index is 13.0. The van der Waals surface area contributed by atoms with Gasteiger partial charge in [-0.2, -0.15) is 0 Å². The SMILES string of the molecule is CC/C=C\C/C=C\C/C=C\C/C=C\C/C=C\C/C=C\C/C=C\C/C=C\C/C=C\CCCCCC(=O)NC(COP(=O)(O)OCC[N+](C)(C)C)C(O)CCCCCCCCCCCCCCCCCCCC. The fourth-order valence-corrected chi connectivity index (χ4v) is 8.54. The molecule has 0 fully saturated rings. The predicted octanol–water partition coefficient (Wildman–Crippen LogP) is 17.6. The Hall–Kier alpha value is -2.84. The highest BCUT2D eigenvalue weighted by atomic mass is 31.2. The van der Waals surface area contributed by atoms with E-state index in [1.54, 1.807) is 0 Å². The van der Waals surface area contributed by atoms with E-state index < -0.39 is 20.0 Å². The number of quaternary nitrogens is 1. The Morgan fingerprint density at radius 2 is 0.845 bits per heavy atom. The first-order valence-corrected chi connectivity index (χ1v) is 30.2. The van der Waals surface area contributed by atoms with Gasteiger partial charge in [0.05, 0.1) is 39.9 Å². The molecule has 3 N–H and O–H groups in total. The smallest absolute Gasteiger partial charge is 0.391 e. The van der Waals surface area contributed by atoms with Gasteiger partial charge in [0.15, 0.2) is 0 Å². The van der Waals surface area contributed by atoms with Crippen molar-refractivity contribution in [1.29, 1.82) is 0 Å². The number of likely N-dealkylation sites (N-methyl/N-ethyl adjacent to an activating group) is 1. The summed E-state index contributed by atoms with van der Waals surface area (Å²) in [5.41, 5.74) is 0. The lowest BCUT2D eigenvalue weighted by molar-refractivity contribution is -0.870. The van der Waals surface area contributed by atoms with Crippen LogP contribution in [0.25, 0.3) is 0 Å². The number of nitrogens with one attached hydrogen (secondary N) is 1. The molecule has 3 unspecified atom stereocenters. The molecule has 0 aromatic rings. The number of nitrogens with zero attached hydrogens (tertiary/aromatic N) is 1. The van der Waals surface area contributed by atoms with E-state index >= 15 is 0 Å². The molecule has 0 bridgehead atoms. The van der Waals surface area contributed by atoms with Gasteiger partial charge >= 0.3 is 7.82 Å². The molecule has 0 spiro atoms. The summed E-state index contributed by atoms with van der Waals surface area (Å²) in [7, 11) is 1.58. The van der Waals surface area contributed by atoms with Crippen molar-refractivity contribution in [2.24, 2.45) is 0 Å². The summed E-state index contributed by atoms with van der Waals surface area (Å²) in [4.78, 5) is 23.3.